The van der Waals surface area contributed by atoms with Gasteiger partial charge in [0.2, 0.25) is 5.91 Å². The Morgan fingerprint density at radius 3 is 2.44 bits per heavy atom. The van der Waals surface area contributed by atoms with Crippen LogP contribution >= 0.6 is 0 Å². The molecule has 2 fully saturated rings. The zero-order valence-corrected chi connectivity index (χ0v) is 13.8. The molecular formula is C18H20N2O5. The number of amides is 3. The van der Waals surface area contributed by atoms with E-state index in [4.69, 9.17) is 9.47 Å². The molecule has 1 aromatic rings. The highest BCUT2D eigenvalue weighted by molar-refractivity contribution is 6.22. The molecule has 3 amide bonds. The first-order valence-electron chi connectivity index (χ1n) is 8.62. The summed E-state index contributed by atoms with van der Waals surface area (Å²) in [5.41, 5.74) is 0.687. The van der Waals surface area contributed by atoms with Crippen molar-refractivity contribution >= 4 is 17.7 Å². The van der Waals surface area contributed by atoms with Crippen molar-refractivity contribution in [1.82, 2.24) is 10.2 Å². The summed E-state index contributed by atoms with van der Waals surface area (Å²) in [6.45, 7) is 0.474. The van der Waals surface area contributed by atoms with Crippen molar-refractivity contribution in [3.63, 3.8) is 0 Å². The Labute approximate surface area is 145 Å². The highest BCUT2D eigenvalue weighted by Crippen LogP contribution is 2.38. The van der Waals surface area contributed by atoms with Gasteiger partial charge >= 0.3 is 0 Å². The fourth-order valence-corrected chi connectivity index (χ4v) is 3.70. The lowest BCUT2D eigenvalue weighted by molar-refractivity contribution is -0.161. The zero-order valence-electron chi connectivity index (χ0n) is 13.8. The molecule has 0 bridgehead atoms. The Kier molecular flexibility index (Phi) is 4.05. The van der Waals surface area contributed by atoms with Crippen LogP contribution in [-0.4, -0.2) is 54.2 Å². The monoisotopic (exact) mass is 344 g/mol. The summed E-state index contributed by atoms with van der Waals surface area (Å²) in [7, 11) is 0. The van der Waals surface area contributed by atoms with Crippen molar-refractivity contribution in [2.45, 2.75) is 37.6 Å². The van der Waals surface area contributed by atoms with Crippen LogP contribution < -0.4 is 5.32 Å². The quantitative estimate of drug-likeness (QED) is 0.827. The van der Waals surface area contributed by atoms with E-state index < -0.39 is 17.6 Å². The lowest BCUT2D eigenvalue weighted by Gasteiger charge is -2.22. The summed E-state index contributed by atoms with van der Waals surface area (Å²) in [6, 6.07) is 6.59. The Bertz CT molecular complexity index is 691. The molecule has 0 aromatic heterocycles. The van der Waals surface area contributed by atoms with Gasteiger partial charge < -0.3 is 14.8 Å². The highest BCUT2D eigenvalue weighted by Gasteiger charge is 2.43. The van der Waals surface area contributed by atoms with Crippen molar-refractivity contribution in [3.8, 4) is 0 Å². The van der Waals surface area contributed by atoms with Gasteiger partial charge in [-0.15, -0.1) is 0 Å². The lowest BCUT2D eigenvalue weighted by Crippen LogP contribution is -2.43. The average molecular weight is 344 g/mol. The molecule has 1 aliphatic carbocycles. The minimum absolute atomic E-state index is 0.191. The third-order valence-electron chi connectivity index (χ3n) is 4.99. The number of carbonyl (C=O) groups excluding carboxylic acids is 3. The van der Waals surface area contributed by atoms with E-state index in [9.17, 15) is 14.4 Å². The van der Waals surface area contributed by atoms with Gasteiger partial charge in [0.1, 0.15) is 12.6 Å². The van der Waals surface area contributed by atoms with E-state index in [1.807, 2.05) is 0 Å². The topological polar surface area (TPSA) is 84.9 Å². The van der Waals surface area contributed by atoms with E-state index in [0.29, 0.717) is 24.3 Å². The molecule has 2 aliphatic heterocycles. The predicted octanol–water partition coefficient (Wildman–Crippen LogP) is 1.08. The maximum Gasteiger partial charge on any atom is 0.262 e. The molecular weight excluding hydrogens is 324 g/mol. The minimum Gasteiger partial charge on any atom is -0.352 e. The van der Waals surface area contributed by atoms with Gasteiger partial charge in [0.15, 0.2) is 5.79 Å². The molecule has 25 heavy (non-hydrogen) atoms. The summed E-state index contributed by atoms with van der Waals surface area (Å²) in [4.78, 5) is 37.6. The second kappa shape index (κ2) is 6.24. The molecule has 1 saturated heterocycles. The van der Waals surface area contributed by atoms with Gasteiger partial charge in [0, 0.05) is 19.4 Å². The number of fused-ring (bicyclic) bond motifs is 1. The normalized spacial score (nSPS) is 24.2. The number of nitrogens with one attached hydrogen (secondary N) is 1. The zero-order chi connectivity index (χ0) is 17.4. The van der Waals surface area contributed by atoms with Crippen LogP contribution in [-0.2, 0) is 14.3 Å². The molecule has 0 unspecified atom stereocenters. The first-order chi connectivity index (χ1) is 12.1. The predicted molar refractivity (Wildman–Crippen MR) is 86.8 cm³/mol. The van der Waals surface area contributed by atoms with E-state index in [1.54, 1.807) is 24.3 Å². The highest BCUT2D eigenvalue weighted by atomic mass is 16.7. The van der Waals surface area contributed by atoms with Gasteiger partial charge in [-0.3, -0.25) is 19.3 Å². The van der Waals surface area contributed by atoms with E-state index in [0.717, 1.165) is 30.6 Å². The van der Waals surface area contributed by atoms with E-state index in [1.165, 1.54) is 0 Å². The minimum atomic E-state index is -0.460. The number of rotatable bonds is 4. The van der Waals surface area contributed by atoms with Crippen LogP contribution in [0.2, 0.25) is 0 Å². The molecule has 4 rings (SSSR count). The fraction of sp³-hybridized carbons (Fsp3) is 0.500. The van der Waals surface area contributed by atoms with Crippen molar-refractivity contribution in [2.75, 3.05) is 19.7 Å². The SMILES string of the molecule is O=C(CN1C(=O)c2ccccc2C1=O)NC[C@H]1COC2(CCCC2)O1. The summed E-state index contributed by atoms with van der Waals surface area (Å²) < 4.78 is 11.7. The number of imide groups is 1. The number of benzene rings is 1. The van der Waals surface area contributed by atoms with Crippen molar-refractivity contribution in [3.05, 3.63) is 35.4 Å². The Morgan fingerprint density at radius 2 is 1.80 bits per heavy atom. The summed E-state index contributed by atoms with van der Waals surface area (Å²) in [6.07, 6.45) is 3.79. The van der Waals surface area contributed by atoms with Crippen LogP contribution in [0.4, 0.5) is 0 Å². The van der Waals surface area contributed by atoms with E-state index in [-0.39, 0.29) is 18.6 Å². The van der Waals surface area contributed by atoms with Gasteiger partial charge in [-0.05, 0) is 25.0 Å². The first-order valence-corrected chi connectivity index (χ1v) is 8.62. The molecule has 1 saturated carbocycles. The smallest absolute Gasteiger partial charge is 0.262 e. The number of hydrogen-bond donors (Lipinski definition) is 1. The fourth-order valence-electron chi connectivity index (χ4n) is 3.70. The number of hydrogen-bond acceptors (Lipinski definition) is 5. The molecule has 1 N–H and O–H groups in total. The van der Waals surface area contributed by atoms with Crippen LogP contribution in [0.15, 0.2) is 24.3 Å². The second-order valence-electron chi connectivity index (χ2n) is 6.71. The standard InChI is InChI=1S/C18H20N2O5/c21-15(19-9-12-11-24-18(25-12)7-3-4-8-18)10-20-16(22)13-5-1-2-6-14(13)17(20)23/h1-2,5-6,12H,3-4,7-11H2,(H,19,21)/t12-/m0/s1. The van der Waals surface area contributed by atoms with Gasteiger partial charge in [0.25, 0.3) is 11.8 Å². The summed E-state index contributed by atoms with van der Waals surface area (Å²) in [5.74, 6) is -1.70. The van der Waals surface area contributed by atoms with Gasteiger partial charge in [-0.1, -0.05) is 12.1 Å². The number of carbonyl (C=O) groups is 3. The third kappa shape index (κ3) is 2.94. The molecule has 1 atom stereocenters. The van der Waals surface area contributed by atoms with E-state index in [2.05, 4.69) is 5.32 Å². The van der Waals surface area contributed by atoms with Crippen LogP contribution in [0.25, 0.3) is 0 Å². The first kappa shape index (κ1) is 16.2. The molecule has 1 aromatic carbocycles. The lowest BCUT2D eigenvalue weighted by atomic mass is 10.1. The largest absolute Gasteiger partial charge is 0.352 e. The molecule has 0 radical (unpaired) electrons. The summed E-state index contributed by atoms with van der Waals surface area (Å²) in [5, 5.41) is 2.74. The van der Waals surface area contributed by atoms with Crippen molar-refractivity contribution in [1.29, 1.82) is 0 Å². The van der Waals surface area contributed by atoms with Crippen LogP contribution in [0.5, 0.6) is 0 Å². The van der Waals surface area contributed by atoms with Crippen molar-refractivity contribution < 1.29 is 23.9 Å². The Hall–Kier alpha value is -2.25. The molecule has 7 heteroatoms. The van der Waals surface area contributed by atoms with Gasteiger partial charge in [0.05, 0.1) is 17.7 Å². The summed E-state index contributed by atoms with van der Waals surface area (Å²) >= 11 is 0. The van der Waals surface area contributed by atoms with E-state index >= 15 is 0 Å². The van der Waals surface area contributed by atoms with Crippen molar-refractivity contribution in [2.24, 2.45) is 0 Å². The molecule has 3 aliphatic rings. The molecule has 1 spiro atoms. The van der Waals surface area contributed by atoms with Crippen LogP contribution in [0, 0.1) is 0 Å². The Balaban J connectivity index is 1.30. The van der Waals surface area contributed by atoms with Crippen LogP contribution in [0.1, 0.15) is 46.4 Å². The second-order valence-corrected chi connectivity index (χ2v) is 6.71. The molecule has 132 valence electrons. The number of ether oxygens (including phenoxy) is 2. The Morgan fingerprint density at radius 1 is 1.16 bits per heavy atom. The van der Waals surface area contributed by atoms with Crippen LogP contribution in [0.3, 0.4) is 0 Å². The maximum atomic E-state index is 12.3. The molecule has 7 nitrogen and oxygen atoms in total. The maximum absolute atomic E-state index is 12.3. The van der Waals surface area contributed by atoms with Gasteiger partial charge in [-0.25, -0.2) is 0 Å². The average Bonchev–Trinajstić information content (AvgIpc) is 3.31. The molecule has 2 heterocycles. The number of nitrogens with zero attached hydrogens (tertiary/aromatic N) is 1. The van der Waals surface area contributed by atoms with Gasteiger partial charge in [-0.2, -0.15) is 0 Å². The third-order valence-corrected chi connectivity index (χ3v) is 4.99.